The molecule has 0 amide bonds. The normalized spacial score (nSPS) is 27.0. The van der Waals surface area contributed by atoms with Gasteiger partial charge in [0.2, 0.25) is 0 Å². The van der Waals surface area contributed by atoms with Gasteiger partial charge in [-0.3, -0.25) is 0 Å². The molecule has 1 saturated heterocycles. The standard InChI is InChI=1S/C6H13NS2/c1-8-4-2-6-7-3-5-9-6/h6-7H,2-5H2,1H3. The summed E-state index contributed by atoms with van der Waals surface area (Å²) in [6.45, 7) is 1.21. The molecule has 0 aromatic heterocycles. The summed E-state index contributed by atoms with van der Waals surface area (Å²) in [4.78, 5) is 0. The molecule has 1 nitrogen and oxygen atoms in total. The Hall–Kier alpha value is 0.660. The van der Waals surface area contributed by atoms with Crippen LogP contribution in [-0.4, -0.2) is 29.7 Å². The van der Waals surface area contributed by atoms with Crippen molar-refractivity contribution >= 4 is 23.5 Å². The number of thioether (sulfide) groups is 2. The van der Waals surface area contributed by atoms with Gasteiger partial charge in [0, 0.05) is 12.3 Å². The van der Waals surface area contributed by atoms with E-state index in [2.05, 4.69) is 23.3 Å². The van der Waals surface area contributed by atoms with E-state index in [1.54, 1.807) is 0 Å². The molecule has 0 aromatic carbocycles. The Morgan fingerprint density at radius 2 is 2.67 bits per heavy atom. The third-order valence-corrected chi connectivity index (χ3v) is 3.27. The van der Waals surface area contributed by atoms with Crippen molar-refractivity contribution in [1.82, 2.24) is 5.32 Å². The van der Waals surface area contributed by atoms with Gasteiger partial charge in [0.15, 0.2) is 0 Å². The molecule has 1 unspecified atom stereocenters. The van der Waals surface area contributed by atoms with E-state index in [9.17, 15) is 0 Å². The first kappa shape index (κ1) is 7.76. The number of hydrogen-bond acceptors (Lipinski definition) is 3. The summed E-state index contributed by atoms with van der Waals surface area (Å²) < 4.78 is 0. The maximum absolute atomic E-state index is 3.44. The second kappa shape index (κ2) is 4.47. The molecule has 1 aliphatic heterocycles. The first-order valence-electron chi connectivity index (χ1n) is 3.27. The zero-order chi connectivity index (χ0) is 6.53. The van der Waals surface area contributed by atoms with Crippen LogP contribution >= 0.6 is 23.5 Å². The van der Waals surface area contributed by atoms with Crippen molar-refractivity contribution in [2.45, 2.75) is 11.8 Å². The van der Waals surface area contributed by atoms with Gasteiger partial charge in [-0.05, 0) is 18.4 Å². The van der Waals surface area contributed by atoms with Crippen molar-refractivity contribution < 1.29 is 0 Å². The smallest absolute Gasteiger partial charge is 0.0540 e. The number of rotatable bonds is 3. The van der Waals surface area contributed by atoms with E-state index in [1.165, 1.54) is 24.5 Å². The first-order valence-corrected chi connectivity index (χ1v) is 5.71. The molecule has 1 N–H and O–H groups in total. The van der Waals surface area contributed by atoms with E-state index in [0.717, 1.165) is 5.37 Å². The van der Waals surface area contributed by atoms with Crippen LogP contribution in [0.4, 0.5) is 0 Å². The Balaban J connectivity index is 1.98. The number of nitrogens with one attached hydrogen (secondary N) is 1. The molecule has 54 valence electrons. The molecule has 1 fully saturated rings. The Morgan fingerprint density at radius 3 is 3.22 bits per heavy atom. The Bertz CT molecular complexity index is 71.5. The summed E-state index contributed by atoms with van der Waals surface area (Å²) >= 11 is 3.99. The highest BCUT2D eigenvalue weighted by atomic mass is 32.2. The molecule has 0 aliphatic carbocycles. The lowest BCUT2D eigenvalue weighted by Crippen LogP contribution is -2.19. The second-order valence-corrected chi connectivity index (χ2v) is 4.39. The highest BCUT2D eigenvalue weighted by molar-refractivity contribution is 8.00. The maximum Gasteiger partial charge on any atom is 0.0540 e. The molecule has 0 aromatic rings. The third-order valence-electron chi connectivity index (χ3n) is 1.38. The molecule has 0 saturated carbocycles. The van der Waals surface area contributed by atoms with Gasteiger partial charge in [-0.15, -0.1) is 11.8 Å². The van der Waals surface area contributed by atoms with Gasteiger partial charge in [-0.2, -0.15) is 11.8 Å². The fraction of sp³-hybridized carbons (Fsp3) is 1.00. The van der Waals surface area contributed by atoms with Crippen molar-refractivity contribution in [1.29, 1.82) is 0 Å². The summed E-state index contributed by atoms with van der Waals surface area (Å²) in [5.74, 6) is 2.60. The Kier molecular flexibility index (Phi) is 3.86. The molecule has 0 bridgehead atoms. The summed E-state index contributed by atoms with van der Waals surface area (Å²) in [6, 6.07) is 0. The summed E-state index contributed by atoms with van der Waals surface area (Å²) in [6.07, 6.45) is 3.49. The van der Waals surface area contributed by atoms with Crippen molar-refractivity contribution in [3.8, 4) is 0 Å². The van der Waals surface area contributed by atoms with Gasteiger partial charge in [0.05, 0.1) is 5.37 Å². The lowest BCUT2D eigenvalue weighted by molar-refractivity contribution is 0.697. The van der Waals surface area contributed by atoms with Crippen LogP contribution in [0.15, 0.2) is 0 Å². The Labute approximate surface area is 65.4 Å². The molecule has 0 spiro atoms. The van der Waals surface area contributed by atoms with Gasteiger partial charge in [-0.25, -0.2) is 0 Å². The van der Waals surface area contributed by atoms with Crippen LogP contribution in [0.5, 0.6) is 0 Å². The quantitative estimate of drug-likeness (QED) is 0.675. The molecule has 1 aliphatic rings. The predicted octanol–water partition coefficient (Wildman–Crippen LogP) is 1.40. The van der Waals surface area contributed by atoms with Crippen LogP contribution in [0.2, 0.25) is 0 Å². The van der Waals surface area contributed by atoms with Gasteiger partial charge in [0.1, 0.15) is 0 Å². The highest BCUT2D eigenvalue weighted by Gasteiger charge is 2.12. The van der Waals surface area contributed by atoms with E-state index >= 15 is 0 Å². The molecule has 0 radical (unpaired) electrons. The lowest BCUT2D eigenvalue weighted by atomic mass is 10.5. The van der Waals surface area contributed by atoms with Crippen molar-refractivity contribution in [3.05, 3.63) is 0 Å². The lowest BCUT2D eigenvalue weighted by Gasteiger charge is -2.06. The zero-order valence-corrected chi connectivity index (χ0v) is 7.36. The van der Waals surface area contributed by atoms with Crippen LogP contribution in [0.1, 0.15) is 6.42 Å². The van der Waals surface area contributed by atoms with Crippen molar-refractivity contribution in [2.24, 2.45) is 0 Å². The summed E-state index contributed by atoms with van der Waals surface area (Å²) in [5.41, 5.74) is 0. The minimum absolute atomic E-state index is 0.762. The summed E-state index contributed by atoms with van der Waals surface area (Å²) in [5, 5.41) is 4.20. The number of hydrogen-bond donors (Lipinski definition) is 1. The van der Waals surface area contributed by atoms with Crippen molar-refractivity contribution in [2.75, 3.05) is 24.3 Å². The first-order chi connectivity index (χ1) is 4.43. The van der Waals surface area contributed by atoms with Crippen molar-refractivity contribution in [3.63, 3.8) is 0 Å². The van der Waals surface area contributed by atoms with Gasteiger partial charge in [0.25, 0.3) is 0 Å². The molecular formula is C6H13NS2. The fourth-order valence-corrected chi connectivity index (χ4v) is 2.55. The van der Waals surface area contributed by atoms with Gasteiger partial charge in [-0.1, -0.05) is 0 Å². The minimum atomic E-state index is 0.762. The van der Waals surface area contributed by atoms with Crippen LogP contribution in [0.3, 0.4) is 0 Å². The predicted molar refractivity (Wildman–Crippen MR) is 47.2 cm³/mol. The molecule has 1 rings (SSSR count). The molecule has 9 heavy (non-hydrogen) atoms. The average Bonchev–Trinajstić information content (AvgIpc) is 2.34. The Morgan fingerprint density at radius 1 is 1.78 bits per heavy atom. The highest BCUT2D eigenvalue weighted by Crippen LogP contribution is 2.17. The monoisotopic (exact) mass is 163 g/mol. The van der Waals surface area contributed by atoms with E-state index < -0.39 is 0 Å². The molecule has 1 atom stereocenters. The van der Waals surface area contributed by atoms with E-state index in [4.69, 9.17) is 0 Å². The van der Waals surface area contributed by atoms with Gasteiger partial charge < -0.3 is 5.32 Å². The topological polar surface area (TPSA) is 12.0 Å². The van der Waals surface area contributed by atoms with E-state index in [-0.39, 0.29) is 0 Å². The van der Waals surface area contributed by atoms with Gasteiger partial charge >= 0.3 is 0 Å². The van der Waals surface area contributed by atoms with Crippen LogP contribution in [0, 0.1) is 0 Å². The van der Waals surface area contributed by atoms with Crippen LogP contribution < -0.4 is 5.32 Å². The third kappa shape index (κ3) is 2.83. The average molecular weight is 163 g/mol. The molecule has 3 heteroatoms. The SMILES string of the molecule is CSCCC1NCCS1. The molecular weight excluding hydrogens is 150 g/mol. The molecule has 1 heterocycles. The maximum atomic E-state index is 3.44. The van der Waals surface area contributed by atoms with E-state index in [1.807, 2.05) is 11.8 Å². The fourth-order valence-electron chi connectivity index (χ4n) is 0.890. The zero-order valence-electron chi connectivity index (χ0n) is 5.72. The summed E-state index contributed by atoms with van der Waals surface area (Å²) in [7, 11) is 0. The van der Waals surface area contributed by atoms with Crippen LogP contribution in [-0.2, 0) is 0 Å². The largest absolute Gasteiger partial charge is 0.304 e. The minimum Gasteiger partial charge on any atom is -0.304 e. The van der Waals surface area contributed by atoms with Crippen LogP contribution in [0.25, 0.3) is 0 Å². The van der Waals surface area contributed by atoms with E-state index in [0.29, 0.717) is 0 Å². The second-order valence-electron chi connectivity index (χ2n) is 2.10.